The van der Waals surface area contributed by atoms with E-state index in [-0.39, 0.29) is 0 Å². The summed E-state index contributed by atoms with van der Waals surface area (Å²) in [4.78, 5) is 0. The Hall–Kier alpha value is -1.06. The second-order valence-electron chi connectivity index (χ2n) is 3.43. The third-order valence-corrected chi connectivity index (χ3v) is 2.33. The maximum atomic E-state index is 5.50. The van der Waals surface area contributed by atoms with Crippen molar-refractivity contribution < 1.29 is 9.47 Å². The molecule has 0 aliphatic heterocycles. The van der Waals surface area contributed by atoms with E-state index in [0.29, 0.717) is 13.2 Å². The summed E-state index contributed by atoms with van der Waals surface area (Å²) in [6, 6.07) is 6.13. The Morgan fingerprint density at radius 1 is 1.20 bits per heavy atom. The van der Waals surface area contributed by atoms with Gasteiger partial charge in [-0.1, -0.05) is 18.2 Å². The molecule has 0 unspecified atom stereocenters. The van der Waals surface area contributed by atoms with Crippen LogP contribution in [-0.4, -0.2) is 20.8 Å². The third-order valence-electron chi connectivity index (χ3n) is 2.33. The van der Waals surface area contributed by atoms with Crippen LogP contribution in [0.1, 0.15) is 17.5 Å². The van der Waals surface area contributed by atoms with Crippen molar-refractivity contribution in [3.8, 4) is 5.75 Å². The van der Waals surface area contributed by atoms with Crippen molar-refractivity contribution in [2.24, 2.45) is 5.73 Å². The standard InChI is InChI=1S/C12H19NO2/c1-14-9-11-6-3-5-10(7-4-8-13)12(11)15-2/h3,5-6H,4,7-9,13H2,1-2H3. The first-order chi connectivity index (χ1) is 7.33. The van der Waals surface area contributed by atoms with Crippen molar-refractivity contribution in [1.82, 2.24) is 0 Å². The Kier molecular flexibility index (Phi) is 5.15. The zero-order valence-electron chi connectivity index (χ0n) is 9.45. The largest absolute Gasteiger partial charge is 0.496 e. The summed E-state index contributed by atoms with van der Waals surface area (Å²) >= 11 is 0. The highest BCUT2D eigenvalue weighted by Crippen LogP contribution is 2.25. The minimum Gasteiger partial charge on any atom is -0.496 e. The molecule has 0 aromatic heterocycles. The molecule has 1 aromatic rings. The van der Waals surface area contributed by atoms with E-state index < -0.39 is 0 Å². The minimum atomic E-state index is 0.583. The third kappa shape index (κ3) is 3.22. The second kappa shape index (κ2) is 6.43. The first-order valence-corrected chi connectivity index (χ1v) is 5.17. The molecule has 0 aliphatic rings. The molecule has 0 spiro atoms. The van der Waals surface area contributed by atoms with Gasteiger partial charge in [-0.05, 0) is 24.9 Å². The Labute approximate surface area is 91.2 Å². The van der Waals surface area contributed by atoms with E-state index in [1.165, 1.54) is 5.56 Å². The maximum Gasteiger partial charge on any atom is 0.127 e. The van der Waals surface area contributed by atoms with Crippen molar-refractivity contribution in [3.05, 3.63) is 29.3 Å². The van der Waals surface area contributed by atoms with Gasteiger partial charge in [0.15, 0.2) is 0 Å². The van der Waals surface area contributed by atoms with Crippen molar-refractivity contribution in [2.45, 2.75) is 19.4 Å². The van der Waals surface area contributed by atoms with Crippen molar-refractivity contribution in [2.75, 3.05) is 20.8 Å². The smallest absolute Gasteiger partial charge is 0.127 e. The van der Waals surface area contributed by atoms with Gasteiger partial charge < -0.3 is 15.2 Å². The number of rotatable bonds is 6. The number of aryl methyl sites for hydroxylation is 1. The molecule has 2 N–H and O–H groups in total. The van der Waals surface area contributed by atoms with Gasteiger partial charge in [-0.25, -0.2) is 0 Å². The van der Waals surface area contributed by atoms with Crippen LogP contribution in [0.15, 0.2) is 18.2 Å². The van der Waals surface area contributed by atoms with Crippen LogP contribution in [0.3, 0.4) is 0 Å². The Bertz CT molecular complexity index is 300. The van der Waals surface area contributed by atoms with Gasteiger partial charge in [0.1, 0.15) is 5.75 Å². The number of methoxy groups -OCH3 is 2. The van der Waals surface area contributed by atoms with Gasteiger partial charge in [0.05, 0.1) is 13.7 Å². The molecule has 0 heterocycles. The van der Waals surface area contributed by atoms with E-state index in [1.54, 1.807) is 14.2 Å². The highest BCUT2D eigenvalue weighted by atomic mass is 16.5. The summed E-state index contributed by atoms with van der Waals surface area (Å²) in [5.41, 5.74) is 7.80. The van der Waals surface area contributed by atoms with Crippen LogP contribution >= 0.6 is 0 Å². The van der Waals surface area contributed by atoms with Gasteiger partial charge in [-0.15, -0.1) is 0 Å². The van der Waals surface area contributed by atoms with Crippen LogP contribution in [0.5, 0.6) is 5.75 Å². The van der Waals surface area contributed by atoms with Gasteiger partial charge in [0.25, 0.3) is 0 Å². The summed E-state index contributed by atoms with van der Waals surface area (Å²) in [7, 11) is 3.38. The summed E-state index contributed by atoms with van der Waals surface area (Å²) in [6.45, 7) is 1.29. The fourth-order valence-corrected chi connectivity index (χ4v) is 1.66. The molecule has 0 saturated carbocycles. The van der Waals surface area contributed by atoms with Crippen molar-refractivity contribution in [3.63, 3.8) is 0 Å². The lowest BCUT2D eigenvalue weighted by molar-refractivity contribution is 0.181. The molecule has 0 saturated heterocycles. The van der Waals surface area contributed by atoms with E-state index >= 15 is 0 Å². The molecule has 3 heteroatoms. The van der Waals surface area contributed by atoms with E-state index in [2.05, 4.69) is 6.07 Å². The highest BCUT2D eigenvalue weighted by Gasteiger charge is 2.07. The molecule has 0 amide bonds. The van der Waals surface area contributed by atoms with Crippen LogP contribution in [0.4, 0.5) is 0 Å². The van der Waals surface area contributed by atoms with Gasteiger partial charge in [-0.3, -0.25) is 0 Å². The Balaban J connectivity index is 2.88. The van der Waals surface area contributed by atoms with Crippen LogP contribution in [0.2, 0.25) is 0 Å². The Morgan fingerprint density at radius 2 is 1.93 bits per heavy atom. The van der Waals surface area contributed by atoms with Crippen LogP contribution in [-0.2, 0) is 17.8 Å². The van der Waals surface area contributed by atoms with Crippen LogP contribution < -0.4 is 10.5 Å². The van der Waals surface area contributed by atoms with Crippen molar-refractivity contribution in [1.29, 1.82) is 0 Å². The SMILES string of the molecule is COCc1cccc(CCCN)c1OC. The molecule has 1 aromatic carbocycles. The minimum absolute atomic E-state index is 0.583. The lowest BCUT2D eigenvalue weighted by atomic mass is 10.0. The molecule has 0 bridgehead atoms. The van der Waals surface area contributed by atoms with Gasteiger partial charge in [0.2, 0.25) is 0 Å². The van der Waals surface area contributed by atoms with E-state index in [9.17, 15) is 0 Å². The number of hydrogen-bond donors (Lipinski definition) is 1. The summed E-state index contributed by atoms with van der Waals surface area (Å²) in [6.07, 6.45) is 1.93. The zero-order valence-corrected chi connectivity index (χ0v) is 9.45. The lowest BCUT2D eigenvalue weighted by Gasteiger charge is -2.12. The summed E-state index contributed by atoms with van der Waals surface area (Å²) in [5, 5.41) is 0. The van der Waals surface area contributed by atoms with Gasteiger partial charge in [-0.2, -0.15) is 0 Å². The van der Waals surface area contributed by atoms with E-state index in [4.69, 9.17) is 15.2 Å². The predicted molar refractivity (Wildman–Crippen MR) is 61.1 cm³/mol. The van der Waals surface area contributed by atoms with Gasteiger partial charge in [0, 0.05) is 12.7 Å². The molecule has 1 rings (SSSR count). The average molecular weight is 209 g/mol. The quantitative estimate of drug-likeness (QED) is 0.776. The number of nitrogens with two attached hydrogens (primary N) is 1. The monoisotopic (exact) mass is 209 g/mol. The van der Waals surface area contributed by atoms with Gasteiger partial charge >= 0.3 is 0 Å². The van der Waals surface area contributed by atoms with E-state index in [0.717, 1.165) is 24.2 Å². The molecular formula is C12H19NO2. The molecule has 0 aliphatic carbocycles. The highest BCUT2D eigenvalue weighted by molar-refractivity contribution is 5.41. The molecule has 15 heavy (non-hydrogen) atoms. The fraction of sp³-hybridized carbons (Fsp3) is 0.500. The molecular weight excluding hydrogens is 190 g/mol. The summed E-state index contributed by atoms with van der Waals surface area (Å²) < 4.78 is 10.5. The second-order valence-corrected chi connectivity index (χ2v) is 3.43. The maximum absolute atomic E-state index is 5.50. The van der Waals surface area contributed by atoms with Crippen LogP contribution in [0.25, 0.3) is 0 Å². The molecule has 0 radical (unpaired) electrons. The van der Waals surface area contributed by atoms with E-state index in [1.807, 2.05) is 12.1 Å². The molecule has 0 atom stereocenters. The fourth-order valence-electron chi connectivity index (χ4n) is 1.66. The first-order valence-electron chi connectivity index (χ1n) is 5.17. The number of para-hydroxylation sites is 1. The zero-order chi connectivity index (χ0) is 11.1. The average Bonchev–Trinajstić information content (AvgIpc) is 2.27. The van der Waals surface area contributed by atoms with Crippen LogP contribution in [0, 0.1) is 0 Å². The Morgan fingerprint density at radius 3 is 2.53 bits per heavy atom. The number of hydrogen-bond acceptors (Lipinski definition) is 3. The normalized spacial score (nSPS) is 10.3. The predicted octanol–water partition coefficient (Wildman–Crippen LogP) is 1.73. The molecule has 3 nitrogen and oxygen atoms in total. The lowest BCUT2D eigenvalue weighted by Crippen LogP contribution is -2.03. The first kappa shape index (κ1) is 12.0. The number of ether oxygens (including phenoxy) is 2. The topological polar surface area (TPSA) is 44.5 Å². The number of benzene rings is 1. The molecule has 84 valence electrons. The van der Waals surface area contributed by atoms with Crippen molar-refractivity contribution >= 4 is 0 Å². The summed E-state index contributed by atoms with van der Waals surface area (Å²) in [5.74, 6) is 0.938. The molecule has 0 fully saturated rings.